The van der Waals surface area contributed by atoms with Gasteiger partial charge in [0.15, 0.2) is 0 Å². The molecule has 5 nitrogen and oxygen atoms in total. The number of benzene rings is 1. The number of aryl methyl sites for hydroxylation is 1. The Morgan fingerprint density at radius 3 is 2.77 bits per heavy atom. The topological polar surface area (TPSA) is 71.2 Å². The fourth-order valence-electron chi connectivity index (χ4n) is 2.15. The van der Waals surface area contributed by atoms with Crippen molar-refractivity contribution in [1.29, 1.82) is 0 Å². The van der Waals surface area contributed by atoms with E-state index in [4.69, 9.17) is 4.74 Å². The predicted octanol–water partition coefficient (Wildman–Crippen LogP) is 2.57. The van der Waals surface area contributed by atoms with Crippen LogP contribution in [0, 0.1) is 6.92 Å². The number of aromatic amines is 1. The lowest BCUT2D eigenvalue weighted by atomic mass is 10.1. The van der Waals surface area contributed by atoms with Gasteiger partial charge in [-0.1, -0.05) is 12.1 Å². The number of pyridine rings is 1. The second-order valence-corrected chi connectivity index (χ2v) is 5.08. The predicted molar refractivity (Wildman–Crippen MR) is 85.3 cm³/mol. The van der Waals surface area contributed by atoms with E-state index in [-0.39, 0.29) is 17.2 Å². The van der Waals surface area contributed by atoms with Crippen molar-refractivity contribution in [2.75, 3.05) is 6.61 Å². The normalized spacial score (nSPS) is 11.8. The van der Waals surface area contributed by atoms with Gasteiger partial charge in [0.1, 0.15) is 11.3 Å². The molecular weight excluding hydrogens is 280 g/mol. The summed E-state index contributed by atoms with van der Waals surface area (Å²) < 4.78 is 5.45. The average molecular weight is 300 g/mol. The molecule has 0 bridgehead atoms. The van der Waals surface area contributed by atoms with Crippen molar-refractivity contribution in [2.24, 2.45) is 0 Å². The minimum Gasteiger partial charge on any atom is -0.494 e. The second kappa shape index (κ2) is 6.93. The van der Waals surface area contributed by atoms with Crippen LogP contribution in [-0.4, -0.2) is 17.5 Å². The van der Waals surface area contributed by atoms with Crippen LogP contribution in [0.3, 0.4) is 0 Å². The van der Waals surface area contributed by atoms with E-state index in [1.54, 1.807) is 13.0 Å². The zero-order chi connectivity index (χ0) is 16.1. The molecule has 0 unspecified atom stereocenters. The number of H-pyrrole nitrogens is 1. The Labute approximate surface area is 129 Å². The molecule has 0 aliphatic carbocycles. The molecule has 0 aliphatic rings. The molecule has 2 N–H and O–H groups in total. The zero-order valence-electron chi connectivity index (χ0n) is 13.0. The molecule has 2 aromatic rings. The summed E-state index contributed by atoms with van der Waals surface area (Å²) in [5.41, 5.74) is 1.37. The highest BCUT2D eigenvalue weighted by Gasteiger charge is 2.14. The number of rotatable bonds is 5. The zero-order valence-corrected chi connectivity index (χ0v) is 13.0. The van der Waals surface area contributed by atoms with Gasteiger partial charge in [-0.05, 0) is 50.6 Å². The maximum atomic E-state index is 12.2. The van der Waals surface area contributed by atoms with Gasteiger partial charge in [0, 0.05) is 5.69 Å². The molecule has 1 aromatic carbocycles. The van der Waals surface area contributed by atoms with Crippen LogP contribution >= 0.6 is 0 Å². The number of aromatic nitrogens is 1. The summed E-state index contributed by atoms with van der Waals surface area (Å²) in [5.74, 6) is 0.366. The number of carbonyl (C=O) groups is 1. The van der Waals surface area contributed by atoms with Gasteiger partial charge in [-0.25, -0.2) is 0 Å². The van der Waals surface area contributed by atoms with Gasteiger partial charge in [0.25, 0.3) is 11.5 Å². The van der Waals surface area contributed by atoms with Gasteiger partial charge < -0.3 is 15.0 Å². The lowest BCUT2D eigenvalue weighted by Crippen LogP contribution is -2.31. The van der Waals surface area contributed by atoms with Gasteiger partial charge in [-0.3, -0.25) is 9.59 Å². The van der Waals surface area contributed by atoms with Crippen molar-refractivity contribution >= 4 is 5.91 Å². The van der Waals surface area contributed by atoms with Crippen LogP contribution in [0.5, 0.6) is 5.75 Å². The fourth-order valence-corrected chi connectivity index (χ4v) is 2.15. The minimum absolute atomic E-state index is 0.110. The molecule has 0 radical (unpaired) electrons. The largest absolute Gasteiger partial charge is 0.494 e. The molecule has 1 heterocycles. The Morgan fingerprint density at radius 2 is 2.09 bits per heavy atom. The van der Waals surface area contributed by atoms with Crippen LogP contribution in [0.15, 0.2) is 41.2 Å². The summed E-state index contributed by atoms with van der Waals surface area (Å²) in [6.07, 6.45) is 0. The smallest absolute Gasteiger partial charge is 0.260 e. The van der Waals surface area contributed by atoms with Gasteiger partial charge >= 0.3 is 0 Å². The SMILES string of the molecule is CCOc1cccc([C@H](C)NC(=O)c2ccc(C)[nH]c2=O)c1. The summed E-state index contributed by atoms with van der Waals surface area (Å²) in [4.78, 5) is 26.6. The van der Waals surface area contributed by atoms with Gasteiger partial charge in [-0.15, -0.1) is 0 Å². The van der Waals surface area contributed by atoms with E-state index in [1.165, 1.54) is 6.07 Å². The van der Waals surface area contributed by atoms with Crippen molar-refractivity contribution in [2.45, 2.75) is 26.8 Å². The molecule has 1 atom stereocenters. The van der Waals surface area contributed by atoms with E-state index in [1.807, 2.05) is 38.1 Å². The molecule has 0 aliphatic heterocycles. The molecule has 0 saturated heterocycles. The van der Waals surface area contributed by atoms with Crippen molar-refractivity contribution in [3.8, 4) is 5.75 Å². The standard InChI is InChI=1S/C17H20N2O3/c1-4-22-14-7-5-6-13(10-14)12(3)19-17(21)15-9-8-11(2)18-16(15)20/h5-10,12H,4H2,1-3H3,(H,18,20)(H,19,21)/t12-/m0/s1. The molecule has 1 amide bonds. The summed E-state index contributed by atoms with van der Waals surface area (Å²) in [5, 5.41) is 2.83. The highest BCUT2D eigenvalue weighted by Crippen LogP contribution is 2.19. The molecule has 5 heteroatoms. The van der Waals surface area contributed by atoms with Gasteiger partial charge in [-0.2, -0.15) is 0 Å². The van der Waals surface area contributed by atoms with Crippen LogP contribution < -0.4 is 15.6 Å². The van der Waals surface area contributed by atoms with Crippen molar-refractivity contribution in [1.82, 2.24) is 10.3 Å². The van der Waals surface area contributed by atoms with Gasteiger partial charge in [0.2, 0.25) is 0 Å². The Kier molecular flexibility index (Phi) is 4.99. The van der Waals surface area contributed by atoms with Crippen molar-refractivity contribution in [3.05, 3.63) is 63.6 Å². The van der Waals surface area contributed by atoms with Crippen LogP contribution in [0.25, 0.3) is 0 Å². The third-order valence-corrected chi connectivity index (χ3v) is 3.32. The van der Waals surface area contributed by atoms with Crippen LogP contribution in [0.4, 0.5) is 0 Å². The van der Waals surface area contributed by atoms with E-state index in [2.05, 4.69) is 10.3 Å². The second-order valence-electron chi connectivity index (χ2n) is 5.08. The third-order valence-electron chi connectivity index (χ3n) is 3.32. The van der Waals surface area contributed by atoms with E-state index in [0.29, 0.717) is 6.61 Å². The number of hydrogen-bond acceptors (Lipinski definition) is 3. The van der Waals surface area contributed by atoms with Crippen LogP contribution in [-0.2, 0) is 0 Å². The molecule has 0 spiro atoms. The molecule has 0 fully saturated rings. The number of carbonyl (C=O) groups excluding carboxylic acids is 1. The Morgan fingerprint density at radius 1 is 1.32 bits per heavy atom. The highest BCUT2D eigenvalue weighted by atomic mass is 16.5. The first-order valence-electron chi connectivity index (χ1n) is 7.24. The summed E-state index contributed by atoms with van der Waals surface area (Å²) >= 11 is 0. The maximum absolute atomic E-state index is 12.2. The number of ether oxygens (including phenoxy) is 1. The summed E-state index contributed by atoms with van der Waals surface area (Å²) in [6.45, 7) is 6.14. The van der Waals surface area contributed by atoms with Crippen molar-refractivity contribution in [3.63, 3.8) is 0 Å². The molecule has 116 valence electrons. The molecule has 0 saturated carbocycles. The molecular formula is C17H20N2O3. The number of amides is 1. The van der Waals surface area contributed by atoms with Gasteiger partial charge in [0.05, 0.1) is 12.6 Å². The Bertz CT molecular complexity index is 722. The quantitative estimate of drug-likeness (QED) is 0.891. The van der Waals surface area contributed by atoms with Crippen LogP contribution in [0.2, 0.25) is 0 Å². The number of nitrogens with one attached hydrogen (secondary N) is 2. The average Bonchev–Trinajstić information content (AvgIpc) is 2.47. The first-order valence-corrected chi connectivity index (χ1v) is 7.24. The Hall–Kier alpha value is -2.56. The third kappa shape index (κ3) is 3.75. The van der Waals surface area contributed by atoms with E-state index < -0.39 is 5.91 Å². The molecule has 2 rings (SSSR count). The molecule has 1 aromatic heterocycles. The number of hydrogen-bond donors (Lipinski definition) is 2. The summed E-state index contributed by atoms with van der Waals surface area (Å²) in [6, 6.07) is 10.5. The summed E-state index contributed by atoms with van der Waals surface area (Å²) in [7, 11) is 0. The Balaban J connectivity index is 2.14. The van der Waals surface area contributed by atoms with Crippen molar-refractivity contribution < 1.29 is 9.53 Å². The first-order chi connectivity index (χ1) is 10.5. The fraction of sp³-hybridized carbons (Fsp3) is 0.294. The first kappa shape index (κ1) is 15.8. The highest BCUT2D eigenvalue weighted by molar-refractivity contribution is 5.94. The maximum Gasteiger partial charge on any atom is 0.260 e. The van der Waals surface area contributed by atoms with E-state index >= 15 is 0 Å². The van der Waals surface area contributed by atoms with E-state index in [9.17, 15) is 9.59 Å². The van der Waals surface area contributed by atoms with E-state index in [0.717, 1.165) is 17.0 Å². The lowest BCUT2D eigenvalue weighted by Gasteiger charge is -2.15. The monoisotopic (exact) mass is 300 g/mol. The minimum atomic E-state index is -0.393. The van der Waals surface area contributed by atoms with Crippen LogP contribution in [0.1, 0.15) is 41.5 Å². The molecule has 22 heavy (non-hydrogen) atoms. The lowest BCUT2D eigenvalue weighted by molar-refractivity contribution is 0.0938.